The molecule has 0 aromatic carbocycles. The Morgan fingerprint density at radius 2 is 2.27 bits per heavy atom. The normalized spacial score (nSPS) is 19.6. The molecule has 1 aromatic heterocycles. The summed E-state index contributed by atoms with van der Waals surface area (Å²) >= 11 is 1.77. The molecule has 0 amide bonds. The Labute approximate surface area is 96.1 Å². The Morgan fingerprint density at radius 1 is 1.53 bits per heavy atom. The SMILES string of the molecule is Cc1ncsc1C(C)NCC1CCCC1. The van der Waals surface area contributed by atoms with Crippen molar-refractivity contribution in [3.63, 3.8) is 0 Å². The molecule has 2 nitrogen and oxygen atoms in total. The standard InChI is InChI=1S/C12H20N2S/c1-9(12-10(2)14-8-15-12)13-7-11-5-3-4-6-11/h8-9,11,13H,3-7H2,1-2H3. The molecule has 0 radical (unpaired) electrons. The van der Waals surface area contributed by atoms with Gasteiger partial charge >= 0.3 is 0 Å². The van der Waals surface area contributed by atoms with Gasteiger partial charge < -0.3 is 5.32 Å². The Morgan fingerprint density at radius 3 is 2.87 bits per heavy atom. The lowest BCUT2D eigenvalue weighted by molar-refractivity contribution is 0.454. The molecule has 0 saturated heterocycles. The lowest BCUT2D eigenvalue weighted by Gasteiger charge is -2.16. The van der Waals surface area contributed by atoms with Gasteiger partial charge in [0.1, 0.15) is 0 Å². The molecule has 84 valence electrons. The second-order valence-corrected chi connectivity index (χ2v) is 5.47. The van der Waals surface area contributed by atoms with Gasteiger partial charge in [0, 0.05) is 10.9 Å². The van der Waals surface area contributed by atoms with Crippen molar-refractivity contribution >= 4 is 11.3 Å². The maximum absolute atomic E-state index is 4.30. The number of thiazole rings is 1. The minimum atomic E-state index is 0.470. The van der Waals surface area contributed by atoms with Crippen LogP contribution < -0.4 is 5.32 Å². The molecule has 1 aliphatic rings. The summed E-state index contributed by atoms with van der Waals surface area (Å²) in [5, 5.41) is 3.64. The predicted octanol–water partition coefficient (Wildman–Crippen LogP) is 3.29. The first kappa shape index (κ1) is 11.1. The molecule has 1 aliphatic carbocycles. The molecule has 1 aromatic rings. The van der Waals surface area contributed by atoms with E-state index in [0.717, 1.165) is 5.92 Å². The first-order valence-corrected chi connectivity index (χ1v) is 6.78. The molecule has 1 saturated carbocycles. The number of hydrogen-bond donors (Lipinski definition) is 1. The number of aromatic nitrogens is 1. The van der Waals surface area contributed by atoms with Gasteiger partial charge in [0.15, 0.2) is 0 Å². The molecule has 1 unspecified atom stereocenters. The van der Waals surface area contributed by atoms with E-state index in [2.05, 4.69) is 24.1 Å². The second-order valence-electron chi connectivity index (χ2n) is 4.58. The van der Waals surface area contributed by atoms with Crippen molar-refractivity contribution in [2.24, 2.45) is 5.92 Å². The van der Waals surface area contributed by atoms with E-state index in [0.29, 0.717) is 6.04 Å². The monoisotopic (exact) mass is 224 g/mol. The van der Waals surface area contributed by atoms with Crippen LogP contribution in [0.4, 0.5) is 0 Å². The molecule has 1 N–H and O–H groups in total. The number of rotatable bonds is 4. The number of hydrogen-bond acceptors (Lipinski definition) is 3. The van der Waals surface area contributed by atoms with Crippen LogP contribution in [0.3, 0.4) is 0 Å². The number of aryl methyl sites for hydroxylation is 1. The Kier molecular flexibility index (Phi) is 3.76. The van der Waals surface area contributed by atoms with E-state index in [1.807, 2.05) is 5.51 Å². The van der Waals surface area contributed by atoms with Gasteiger partial charge in [-0.15, -0.1) is 11.3 Å². The molecule has 1 atom stereocenters. The van der Waals surface area contributed by atoms with Gasteiger partial charge in [-0.25, -0.2) is 4.98 Å². The average Bonchev–Trinajstić information content (AvgIpc) is 2.84. The maximum atomic E-state index is 4.30. The van der Waals surface area contributed by atoms with E-state index in [9.17, 15) is 0 Å². The summed E-state index contributed by atoms with van der Waals surface area (Å²) in [6.07, 6.45) is 5.70. The zero-order valence-electron chi connectivity index (χ0n) is 9.62. The van der Waals surface area contributed by atoms with E-state index in [-0.39, 0.29) is 0 Å². The van der Waals surface area contributed by atoms with Crippen molar-refractivity contribution in [3.8, 4) is 0 Å². The Balaban J connectivity index is 1.81. The summed E-state index contributed by atoms with van der Waals surface area (Å²) in [6.45, 7) is 5.52. The Bertz CT molecular complexity index is 302. The molecule has 0 spiro atoms. The summed E-state index contributed by atoms with van der Waals surface area (Å²) in [5.41, 5.74) is 3.13. The van der Waals surface area contributed by atoms with Gasteiger partial charge in [-0.2, -0.15) is 0 Å². The van der Waals surface area contributed by atoms with E-state index >= 15 is 0 Å². The molecular formula is C12H20N2S. The van der Waals surface area contributed by atoms with Gasteiger partial charge in [-0.1, -0.05) is 12.8 Å². The van der Waals surface area contributed by atoms with Crippen LogP contribution in [0.25, 0.3) is 0 Å². The highest BCUT2D eigenvalue weighted by atomic mass is 32.1. The van der Waals surface area contributed by atoms with Crippen molar-refractivity contribution in [1.82, 2.24) is 10.3 Å². The van der Waals surface area contributed by atoms with Gasteiger partial charge in [0.2, 0.25) is 0 Å². The number of nitrogens with one attached hydrogen (secondary N) is 1. The lowest BCUT2D eigenvalue weighted by atomic mass is 10.1. The quantitative estimate of drug-likeness (QED) is 0.849. The zero-order valence-corrected chi connectivity index (χ0v) is 10.4. The van der Waals surface area contributed by atoms with Crippen LogP contribution in [-0.4, -0.2) is 11.5 Å². The van der Waals surface area contributed by atoms with E-state index in [1.54, 1.807) is 11.3 Å². The minimum Gasteiger partial charge on any atom is -0.309 e. The summed E-state index contributed by atoms with van der Waals surface area (Å²) in [5.74, 6) is 0.917. The summed E-state index contributed by atoms with van der Waals surface area (Å²) < 4.78 is 0. The maximum Gasteiger partial charge on any atom is 0.0798 e. The van der Waals surface area contributed by atoms with E-state index in [4.69, 9.17) is 0 Å². The first-order valence-electron chi connectivity index (χ1n) is 5.90. The fraction of sp³-hybridized carbons (Fsp3) is 0.750. The molecule has 0 bridgehead atoms. The largest absolute Gasteiger partial charge is 0.309 e. The molecule has 0 aliphatic heterocycles. The van der Waals surface area contributed by atoms with E-state index in [1.165, 1.54) is 42.8 Å². The minimum absolute atomic E-state index is 0.470. The van der Waals surface area contributed by atoms with Gasteiger partial charge in [0.25, 0.3) is 0 Å². The van der Waals surface area contributed by atoms with Crippen molar-refractivity contribution < 1.29 is 0 Å². The smallest absolute Gasteiger partial charge is 0.0798 e. The summed E-state index contributed by atoms with van der Waals surface area (Å²) in [6, 6.07) is 0.470. The van der Waals surface area contributed by atoms with Gasteiger partial charge in [-0.3, -0.25) is 0 Å². The third-order valence-corrected chi connectivity index (χ3v) is 4.48. The molecule has 1 fully saturated rings. The fourth-order valence-electron chi connectivity index (χ4n) is 2.38. The van der Waals surface area contributed by atoms with Crippen LogP contribution in [0, 0.1) is 12.8 Å². The first-order chi connectivity index (χ1) is 7.27. The molecule has 2 rings (SSSR count). The number of nitrogens with zero attached hydrogens (tertiary/aromatic N) is 1. The highest BCUT2D eigenvalue weighted by Crippen LogP contribution is 2.26. The third-order valence-electron chi connectivity index (χ3n) is 3.36. The van der Waals surface area contributed by atoms with Gasteiger partial charge in [0.05, 0.1) is 11.2 Å². The second kappa shape index (κ2) is 5.08. The topological polar surface area (TPSA) is 24.9 Å². The van der Waals surface area contributed by atoms with Crippen LogP contribution >= 0.6 is 11.3 Å². The van der Waals surface area contributed by atoms with Crippen LogP contribution in [0.1, 0.15) is 49.2 Å². The predicted molar refractivity (Wildman–Crippen MR) is 65.2 cm³/mol. The fourth-order valence-corrected chi connectivity index (χ4v) is 3.21. The van der Waals surface area contributed by atoms with Crippen molar-refractivity contribution in [1.29, 1.82) is 0 Å². The van der Waals surface area contributed by atoms with E-state index < -0.39 is 0 Å². The Hall–Kier alpha value is -0.410. The van der Waals surface area contributed by atoms with Crippen LogP contribution in [0.5, 0.6) is 0 Å². The molecule has 15 heavy (non-hydrogen) atoms. The van der Waals surface area contributed by atoms with Crippen LogP contribution in [0.15, 0.2) is 5.51 Å². The van der Waals surface area contributed by atoms with Crippen LogP contribution in [0.2, 0.25) is 0 Å². The summed E-state index contributed by atoms with van der Waals surface area (Å²) in [4.78, 5) is 5.69. The highest BCUT2D eigenvalue weighted by Gasteiger charge is 2.17. The average molecular weight is 224 g/mol. The highest BCUT2D eigenvalue weighted by molar-refractivity contribution is 7.09. The summed E-state index contributed by atoms with van der Waals surface area (Å²) in [7, 11) is 0. The lowest BCUT2D eigenvalue weighted by Crippen LogP contribution is -2.24. The third kappa shape index (κ3) is 2.79. The molecule has 3 heteroatoms. The van der Waals surface area contributed by atoms with Gasteiger partial charge in [-0.05, 0) is 39.2 Å². The zero-order chi connectivity index (χ0) is 10.7. The van der Waals surface area contributed by atoms with Crippen molar-refractivity contribution in [2.75, 3.05) is 6.54 Å². The van der Waals surface area contributed by atoms with Crippen molar-refractivity contribution in [3.05, 3.63) is 16.1 Å². The van der Waals surface area contributed by atoms with Crippen molar-refractivity contribution in [2.45, 2.75) is 45.6 Å². The van der Waals surface area contributed by atoms with Crippen LogP contribution in [-0.2, 0) is 0 Å². The molecular weight excluding hydrogens is 204 g/mol. The molecule has 1 heterocycles.